The molecular formula is C13H12F3N3O. The molecule has 1 fully saturated rings. The number of nitrogens with zero attached hydrogens (tertiary/aromatic N) is 2. The predicted molar refractivity (Wildman–Crippen MR) is 64.2 cm³/mol. The van der Waals surface area contributed by atoms with Crippen molar-refractivity contribution < 1.29 is 17.7 Å². The molecule has 0 radical (unpaired) electrons. The van der Waals surface area contributed by atoms with E-state index in [2.05, 4.69) is 15.5 Å². The topological polar surface area (TPSA) is 51.0 Å². The molecule has 1 aliphatic rings. The fourth-order valence-corrected chi connectivity index (χ4v) is 2.33. The summed E-state index contributed by atoms with van der Waals surface area (Å²) in [6.45, 7) is 2.76. The molecule has 0 spiro atoms. The van der Waals surface area contributed by atoms with Crippen molar-refractivity contribution in [2.24, 2.45) is 0 Å². The maximum atomic E-state index is 13.2. The van der Waals surface area contributed by atoms with Crippen molar-refractivity contribution >= 4 is 0 Å². The molecule has 0 saturated carbocycles. The third-order valence-corrected chi connectivity index (χ3v) is 3.51. The number of aromatic nitrogens is 2. The van der Waals surface area contributed by atoms with Gasteiger partial charge in [-0.15, -0.1) is 0 Å². The van der Waals surface area contributed by atoms with Gasteiger partial charge in [0.05, 0.1) is 5.54 Å². The summed E-state index contributed by atoms with van der Waals surface area (Å²) in [7, 11) is 0. The molecule has 4 nitrogen and oxygen atoms in total. The molecule has 1 saturated heterocycles. The molecule has 0 amide bonds. The number of nitrogens with one attached hydrogen (secondary N) is 1. The van der Waals surface area contributed by atoms with Gasteiger partial charge in [-0.1, -0.05) is 5.16 Å². The van der Waals surface area contributed by atoms with Crippen LogP contribution in [0.5, 0.6) is 0 Å². The molecule has 1 aliphatic heterocycles. The predicted octanol–water partition coefficient (Wildman–Crippen LogP) is 2.75. The lowest BCUT2D eigenvalue weighted by molar-refractivity contribution is 0.275. The molecule has 2 aromatic rings. The Morgan fingerprint density at radius 2 is 1.95 bits per heavy atom. The van der Waals surface area contributed by atoms with E-state index in [-0.39, 0.29) is 11.4 Å². The molecule has 0 bridgehead atoms. The summed E-state index contributed by atoms with van der Waals surface area (Å²) in [4.78, 5) is 4.15. The van der Waals surface area contributed by atoms with Gasteiger partial charge in [0.2, 0.25) is 11.7 Å². The average molecular weight is 283 g/mol. The molecule has 1 unspecified atom stereocenters. The third-order valence-electron chi connectivity index (χ3n) is 3.51. The highest BCUT2D eigenvalue weighted by Crippen LogP contribution is 2.30. The second-order valence-electron chi connectivity index (χ2n) is 5.04. The first kappa shape index (κ1) is 13.1. The van der Waals surface area contributed by atoms with Crippen molar-refractivity contribution in [3.05, 3.63) is 35.5 Å². The Kier molecular flexibility index (Phi) is 3.01. The second kappa shape index (κ2) is 4.59. The fourth-order valence-electron chi connectivity index (χ4n) is 2.33. The summed E-state index contributed by atoms with van der Waals surface area (Å²) in [6, 6.07) is 1.69. The van der Waals surface area contributed by atoms with E-state index in [1.165, 1.54) is 0 Å². The first-order chi connectivity index (χ1) is 9.49. The highest BCUT2D eigenvalue weighted by molar-refractivity contribution is 5.54. The van der Waals surface area contributed by atoms with Gasteiger partial charge in [0.1, 0.15) is 0 Å². The zero-order valence-corrected chi connectivity index (χ0v) is 10.7. The molecule has 1 atom stereocenters. The Labute approximate surface area is 113 Å². The molecule has 106 valence electrons. The number of benzene rings is 1. The number of hydrogen-bond acceptors (Lipinski definition) is 4. The lowest BCUT2D eigenvalue weighted by Crippen LogP contribution is -2.33. The lowest BCUT2D eigenvalue weighted by atomic mass is 10.0. The van der Waals surface area contributed by atoms with Crippen LogP contribution in [0.1, 0.15) is 25.7 Å². The van der Waals surface area contributed by atoms with Crippen LogP contribution < -0.4 is 5.32 Å². The molecule has 1 aromatic heterocycles. The molecule has 2 heterocycles. The quantitative estimate of drug-likeness (QED) is 0.861. The van der Waals surface area contributed by atoms with Crippen molar-refractivity contribution in [2.75, 3.05) is 6.54 Å². The van der Waals surface area contributed by atoms with E-state index in [0.717, 1.165) is 31.5 Å². The van der Waals surface area contributed by atoms with Gasteiger partial charge in [-0.2, -0.15) is 4.98 Å². The summed E-state index contributed by atoms with van der Waals surface area (Å²) in [5.74, 6) is -3.68. The van der Waals surface area contributed by atoms with Crippen LogP contribution in [0.3, 0.4) is 0 Å². The number of rotatable bonds is 2. The van der Waals surface area contributed by atoms with E-state index < -0.39 is 23.0 Å². The summed E-state index contributed by atoms with van der Waals surface area (Å²) < 4.78 is 44.5. The average Bonchev–Trinajstić information content (AvgIpc) is 3.05. The standard InChI is InChI=1S/C13H12F3N3O/c1-13(3-2-4-17-13)12-18-11(19-20-12)7-5-8(14)10(16)9(15)6-7/h5-6,17H,2-4H2,1H3. The first-order valence-corrected chi connectivity index (χ1v) is 6.24. The highest BCUT2D eigenvalue weighted by atomic mass is 19.2. The van der Waals surface area contributed by atoms with Crippen LogP contribution in [-0.2, 0) is 5.54 Å². The molecular weight excluding hydrogens is 271 g/mol. The van der Waals surface area contributed by atoms with Crippen LogP contribution in [0.2, 0.25) is 0 Å². The Morgan fingerprint density at radius 1 is 1.25 bits per heavy atom. The monoisotopic (exact) mass is 283 g/mol. The molecule has 1 N–H and O–H groups in total. The Hall–Kier alpha value is -1.89. The van der Waals surface area contributed by atoms with E-state index in [1.807, 2.05) is 6.92 Å². The van der Waals surface area contributed by atoms with Crippen molar-refractivity contribution in [3.63, 3.8) is 0 Å². The van der Waals surface area contributed by atoms with Gasteiger partial charge in [0.25, 0.3) is 0 Å². The molecule has 3 rings (SSSR count). The summed E-state index contributed by atoms with van der Waals surface area (Å²) in [5, 5.41) is 6.95. The minimum atomic E-state index is -1.51. The van der Waals surface area contributed by atoms with Gasteiger partial charge in [-0.3, -0.25) is 0 Å². The van der Waals surface area contributed by atoms with Gasteiger partial charge in [-0.05, 0) is 38.4 Å². The van der Waals surface area contributed by atoms with Gasteiger partial charge in [0.15, 0.2) is 17.5 Å². The van der Waals surface area contributed by atoms with E-state index in [1.54, 1.807) is 0 Å². The smallest absolute Gasteiger partial charge is 0.246 e. The normalized spacial score (nSPS) is 22.4. The van der Waals surface area contributed by atoms with Crippen molar-refractivity contribution in [1.82, 2.24) is 15.5 Å². The van der Waals surface area contributed by atoms with Gasteiger partial charge in [-0.25, -0.2) is 13.2 Å². The maximum absolute atomic E-state index is 13.2. The number of halogens is 3. The highest BCUT2D eigenvalue weighted by Gasteiger charge is 2.35. The van der Waals surface area contributed by atoms with E-state index >= 15 is 0 Å². The Morgan fingerprint density at radius 3 is 2.55 bits per heavy atom. The van der Waals surface area contributed by atoms with Gasteiger partial charge >= 0.3 is 0 Å². The van der Waals surface area contributed by atoms with Crippen LogP contribution in [0.4, 0.5) is 13.2 Å². The van der Waals surface area contributed by atoms with Gasteiger partial charge < -0.3 is 9.84 Å². The zero-order chi connectivity index (χ0) is 14.3. The zero-order valence-electron chi connectivity index (χ0n) is 10.7. The largest absolute Gasteiger partial charge is 0.337 e. The van der Waals surface area contributed by atoms with E-state index in [4.69, 9.17) is 4.52 Å². The fraction of sp³-hybridized carbons (Fsp3) is 0.385. The van der Waals surface area contributed by atoms with Crippen LogP contribution >= 0.6 is 0 Å². The third kappa shape index (κ3) is 2.07. The molecule has 20 heavy (non-hydrogen) atoms. The van der Waals surface area contributed by atoms with Crippen LogP contribution in [0, 0.1) is 17.5 Å². The van der Waals surface area contributed by atoms with Crippen molar-refractivity contribution in [3.8, 4) is 11.4 Å². The van der Waals surface area contributed by atoms with Crippen LogP contribution in [0.15, 0.2) is 16.7 Å². The summed E-state index contributed by atoms with van der Waals surface area (Å²) in [5.41, 5.74) is -0.388. The van der Waals surface area contributed by atoms with E-state index in [9.17, 15) is 13.2 Å². The molecule has 0 aliphatic carbocycles. The van der Waals surface area contributed by atoms with Crippen molar-refractivity contribution in [2.45, 2.75) is 25.3 Å². The Bertz CT molecular complexity index is 627. The minimum absolute atomic E-state index is 0.0349. The summed E-state index contributed by atoms with van der Waals surface area (Å²) in [6.07, 6.45) is 1.81. The number of hydrogen-bond donors (Lipinski definition) is 1. The molecule has 7 heteroatoms. The van der Waals surface area contributed by atoms with Crippen LogP contribution in [-0.4, -0.2) is 16.7 Å². The van der Waals surface area contributed by atoms with Gasteiger partial charge in [0, 0.05) is 5.56 Å². The van der Waals surface area contributed by atoms with Crippen molar-refractivity contribution in [1.29, 1.82) is 0 Å². The maximum Gasteiger partial charge on any atom is 0.246 e. The Balaban J connectivity index is 1.98. The SMILES string of the molecule is CC1(c2nc(-c3cc(F)c(F)c(F)c3)no2)CCCN1. The second-order valence-corrected chi connectivity index (χ2v) is 5.04. The lowest BCUT2D eigenvalue weighted by Gasteiger charge is -2.18. The van der Waals surface area contributed by atoms with E-state index in [0.29, 0.717) is 5.89 Å². The molecule has 1 aromatic carbocycles. The minimum Gasteiger partial charge on any atom is -0.337 e. The summed E-state index contributed by atoms with van der Waals surface area (Å²) >= 11 is 0. The van der Waals surface area contributed by atoms with Crippen LogP contribution in [0.25, 0.3) is 11.4 Å². The first-order valence-electron chi connectivity index (χ1n) is 6.24.